The third-order valence-electron chi connectivity index (χ3n) is 3.62. The van der Waals surface area contributed by atoms with Crippen molar-refractivity contribution in [1.29, 1.82) is 0 Å². The van der Waals surface area contributed by atoms with Gasteiger partial charge in [0.15, 0.2) is 0 Å². The number of ether oxygens (including phenoxy) is 2. The number of hydrogen-bond acceptors (Lipinski definition) is 4. The molecule has 5 nitrogen and oxygen atoms in total. The van der Waals surface area contributed by atoms with E-state index in [2.05, 4.69) is 12.2 Å². The number of nitrogens with one attached hydrogen (secondary N) is 1. The first kappa shape index (κ1) is 13.8. The Morgan fingerprint density at radius 1 is 1.33 bits per heavy atom. The van der Waals surface area contributed by atoms with Gasteiger partial charge in [0, 0.05) is 38.7 Å². The summed E-state index contributed by atoms with van der Waals surface area (Å²) >= 11 is 0. The maximum atomic E-state index is 11.9. The quantitative estimate of drug-likeness (QED) is 0.790. The summed E-state index contributed by atoms with van der Waals surface area (Å²) in [5.41, 5.74) is 0. The molecule has 0 aromatic heterocycles. The number of rotatable bonds is 4. The van der Waals surface area contributed by atoms with Crippen LogP contribution in [0.1, 0.15) is 26.2 Å². The fourth-order valence-corrected chi connectivity index (χ4v) is 2.54. The molecule has 1 N–H and O–H groups in total. The molecule has 0 radical (unpaired) electrons. The molecule has 2 atom stereocenters. The van der Waals surface area contributed by atoms with E-state index in [9.17, 15) is 4.79 Å². The maximum Gasteiger partial charge on any atom is 0.224 e. The molecule has 2 saturated heterocycles. The van der Waals surface area contributed by atoms with E-state index < -0.39 is 0 Å². The van der Waals surface area contributed by atoms with Gasteiger partial charge >= 0.3 is 0 Å². The van der Waals surface area contributed by atoms with Crippen molar-refractivity contribution in [1.82, 2.24) is 10.2 Å². The van der Waals surface area contributed by atoms with Crippen molar-refractivity contribution in [3.63, 3.8) is 0 Å². The molecule has 0 spiro atoms. The molecule has 2 rings (SSSR count). The SMILES string of the molecule is C[C@@H]1C[C@H](NCCC(=O)N2CCOCC2)CCO1. The highest BCUT2D eigenvalue weighted by atomic mass is 16.5. The molecule has 5 heteroatoms. The Morgan fingerprint density at radius 3 is 2.83 bits per heavy atom. The van der Waals surface area contributed by atoms with Crippen LogP contribution in [0.25, 0.3) is 0 Å². The summed E-state index contributed by atoms with van der Waals surface area (Å²) in [6.45, 7) is 6.55. The lowest BCUT2D eigenvalue weighted by molar-refractivity contribution is -0.135. The van der Waals surface area contributed by atoms with Crippen LogP contribution in [0.5, 0.6) is 0 Å². The van der Waals surface area contributed by atoms with E-state index in [1.54, 1.807) is 0 Å². The lowest BCUT2D eigenvalue weighted by Gasteiger charge is -2.29. The molecule has 0 bridgehead atoms. The molecule has 104 valence electrons. The van der Waals surface area contributed by atoms with Crippen LogP contribution in [-0.2, 0) is 14.3 Å². The molecular weight excluding hydrogens is 232 g/mol. The molecule has 0 aromatic carbocycles. The number of hydrogen-bond donors (Lipinski definition) is 1. The maximum absolute atomic E-state index is 11.9. The zero-order valence-electron chi connectivity index (χ0n) is 11.2. The molecule has 0 unspecified atom stereocenters. The molecule has 2 heterocycles. The Bertz CT molecular complexity index is 267. The number of nitrogens with zero attached hydrogens (tertiary/aromatic N) is 1. The van der Waals surface area contributed by atoms with E-state index in [-0.39, 0.29) is 5.91 Å². The summed E-state index contributed by atoms with van der Waals surface area (Å²) in [5, 5.41) is 3.46. The molecule has 2 aliphatic rings. The van der Waals surface area contributed by atoms with Gasteiger partial charge in [0.1, 0.15) is 0 Å². The van der Waals surface area contributed by atoms with Crippen LogP contribution in [0.3, 0.4) is 0 Å². The summed E-state index contributed by atoms with van der Waals surface area (Å²) in [6.07, 6.45) is 3.03. The zero-order valence-corrected chi connectivity index (χ0v) is 11.2. The van der Waals surface area contributed by atoms with E-state index in [4.69, 9.17) is 9.47 Å². The van der Waals surface area contributed by atoms with Gasteiger partial charge in [-0.2, -0.15) is 0 Å². The molecule has 0 aliphatic carbocycles. The van der Waals surface area contributed by atoms with Gasteiger partial charge in [-0.25, -0.2) is 0 Å². The highest BCUT2D eigenvalue weighted by molar-refractivity contribution is 5.76. The lowest BCUT2D eigenvalue weighted by Crippen LogP contribution is -2.43. The van der Waals surface area contributed by atoms with Crippen molar-refractivity contribution in [3.8, 4) is 0 Å². The van der Waals surface area contributed by atoms with Crippen molar-refractivity contribution in [2.45, 2.75) is 38.3 Å². The molecule has 0 aromatic rings. The minimum absolute atomic E-state index is 0.242. The molecule has 0 saturated carbocycles. The third kappa shape index (κ3) is 4.23. The molecular formula is C13H24N2O3. The van der Waals surface area contributed by atoms with Gasteiger partial charge in [-0.05, 0) is 19.8 Å². The number of carbonyl (C=O) groups excluding carboxylic acids is 1. The fourth-order valence-electron chi connectivity index (χ4n) is 2.54. The number of amides is 1. The second kappa shape index (κ2) is 7.07. The van der Waals surface area contributed by atoms with Crippen molar-refractivity contribution in [2.75, 3.05) is 39.5 Å². The van der Waals surface area contributed by atoms with Crippen molar-refractivity contribution < 1.29 is 14.3 Å². The average Bonchev–Trinajstić information content (AvgIpc) is 2.40. The standard InChI is InChI=1S/C13H24N2O3/c1-11-10-12(3-7-18-11)14-4-2-13(16)15-5-8-17-9-6-15/h11-12,14H,2-10H2,1H3/t11-,12-/m1/s1. The highest BCUT2D eigenvalue weighted by Gasteiger charge is 2.20. The Morgan fingerprint density at radius 2 is 2.11 bits per heavy atom. The van der Waals surface area contributed by atoms with E-state index in [0.29, 0.717) is 31.8 Å². The largest absolute Gasteiger partial charge is 0.378 e. The van der Waals surface area contributed by atoms with E-state index in [1.165, 1.54) is 0 Å². The minimum Gasteiger partial charge on any atom is -0.378 e. The van der Waals surface area contributed by atoms with Gasteiger partial charge in [0.05, 0.1) is 19.3 Å². The van der Waals surface area contributed by atoms with E-state index in [1.807, 2.05) is 4.90 Å². The first-order chi connectivity index (χ1) is 8.75. The highest BCUT2D eigenvalue weighted by Crippen LogP contribution is 2.13. The van der Waals surface area contributed by atoms with Crippen LogP contribution in [0, 0.1) is 0 Å². The number of morpholine rings is 1. The van der Waals surface area contributed by atoms with E-state index in [0.717, 1.165) is 39.1 Å². The third-order valence-corrected chi connectivity index (χ3v) is 3.62. The van der Waals surface area contributed by atoms with Crippen LogP contribution in [-0.4, -0.2) is 62.4 Å². The number of carbonyl (C=O) groups is 1. The van der Waals surface area contributed by atoms with Gasteiger partial charge in [-0.1, -0.05) is 0 Å². The topological polar surface area (TPSA) is 50.8 Å². The van der Waals surface area contributed by atoms with Gasteiger partial charge in [-0.15, -0.1) is 0 Å². The van der Waals surface area contributed by atoms with Gasteiger partial charge in [0.25, 0.3) is 0 Å². The fraction of sp³-hybridized carbons (Fsp3) is 0.923. The Hall–Kier alpha value is -0.650. The second-order valence-electron chi connectivity index (χ2n) is 5.10. The second-order valence-corrected chi connectivity index (χ2v) is 5.10. The predicted octanol–water partition coefficient (Wildman–Crippen LogP) is 0.392. The first-order valence-electron chi connectivity index (χ1n) is 6.96. The van der Waals surface area contributed by atoms with Gasteiger partial charge < -0.3 is 19.7 Å². The Balaban J connectivity index is 1.60. The predicted molar refractivity (Wildman–Crippen MR) is 68.5 cm³/mol. The average molecular weight is 256 g/mol. The minimum atomic E-state index is 0.242. The summed E-state index contributed by atoms with van der Waals surface area (Å²) in [4.78, 5) is 13.8. The lowest BCUT2D eigenvalue weighted by atomic mass is 10.0. The molecule has 2 aliphatic heterocycles. The summed E-state index contributed by atoms with van der Waals surface area (Å²) in [7, 11) is 0. The van der Waals surface area contributed by atoms with Gasteiger partial charge in [0.2, 0.25) is 5.91 Å². The molecule has 2 fully saturated rings. The van der Waals surface area contributed by atoms with Gasteiger partial charge in [-0.3, -0.25) is 4.79 Å². The first-order valence-corrected chi connectivity index (χ1v) is 6.96. The Kier molecular flexibility index (Phi) is 5.41. The summed E-state index contributed by atoms with van der Waals surface area (Å²) < 4.78 is 10.7. The van der Waals surface area contributed by atoms with Crippen LogP contribution < -0.4 is 5.32 Å². The van der Waals surface area contributed by atoms with Crippen molar-refractivity contribution in [2.24, 2.45) is 0 Å². The normalized spacial score (nSPS) is 29.3. The van der Waals surface area contributed by atoms with Crippen LogP contribution in [0.4, 0.5) is 0 Å². The van der Waals surface area contributed by atoms with Crippen LogP contribution in [0.2, 0.25) is 0 Å². The molecule has 18 heavy (non-hydrogen) atoms. The Labute approximate surface area is 109 Å². The van der Waals surface area contributed by atoms with Crippen LogP contribution in [0.15, 0.2) is 0 Å². The van der Waals surface area contributed by atoms with Crippen molar-refractivity contribution >= 4 is 5.91 Å². The summed E-state index contributed by atoms with van der Waals surface area (Å²) in [6, 6.07) is 0.506. The monoisotopic (exact) mass is 256 g/mol. The van der Waals surface area contributed by atoms with E-state index >= 15 is 0 Å². The van der Waals surface area contributed by atoms with Crippen molar-refractivity contribution in [3.05, 3.63) is 0 Å². The molecule has 1 amide bonds. The summed E-state index contributed by atoms with van der Waals surface area (Å²) in [5.74, 6) is 0.242. The van der Waals surface area contributed by atoms with Crippen LogP contribution >= 0.6 is 0 Å². The smallest absolute Gasteiger partial charge is 0.224 e. The zero-order chi connectivity index (χ0) is 12.8.